The molecule has 5 heteroatoms. The lowest BCUT2D eigenvalue weighted by molar-refractivity contribution is 0.304. The number of oxime groups is 1. The third-order valence-electron chi connectivity index (χ3n) is 3.91. The van der Waals surface area contributed by atoms with E-state index < -0.39 is 0 Å². The van der Waals surface area contributed by atoms with Gasteiger partial charge in [-0.05, 0) is 36.8 Å². The van der Waals surface area contributed by atoms with Crippen molar-refractivity contribution in [3.8, 4) is 0 Å². The molecule has 1 unspecified atom stereocenters. The fourth-order valence-corrected chi connectivity index (χ4v) is 3.32. The van der Waals surface area contributed by atoms with E-state index in [2.05, 4.69) is 41.8 Å². The van der Waals surface area contributed by atoms with Gasteiger partial charge in [0.05, 0.1) is 0 Å². The van der Waals surface area contributed by atoms with E-state index >= 15 is 0 Å². The maximum atomic E-state index is 8.76. The van der Waals surface area contributed by atoms with Gasteiger partial charge in [-0.1, -0.05) is 45.3 Å². The second-order valence-electron chi connectivity index (χ2n) is 6.52. The number of amidine groups is 1. The highest BCUT2D eigenvalue weighted by Crippen LogP contribution is 2.26. The lowest BCUT2D eigenvalue weighted by Gasteiger charge is -2.24. The van der Waals surface area contributed by atoms with Gasteiger partial charge in [0.2, 0.25) is 0 Å². The molecule has 4 nitrogen and oxygen atoms in total. The Balaban J connectivity index is 2.33. The Hall–Kier alpha value is -1.07. The van der Waals surface area contributed by atoms with Crippen molar-refractivity contribution in [2.45, 2.75) is 53.0 Å². The second kappa shape index (κ2) is 8.39. The number of hydrogen-bond acceptors (Lipinski definition) is 4. The molecule has 0 amide bonds. The van der Waals surface area contributed by atoms with Crippen molar-refractivity contribution < 1.29 is 5.21 Å². The monoisotopic (exact) mass is 311 g/mol. The number of nitrogens with two attached hydrogens (primary N) is 1. The summed E-state index contributed by atoms with van der Waals surface area (Å²) < 4.78 is 0. The van der Waals surface area contributed by atoms with Gasteiger partial charge in [0.15, 0.2) is 0 Å². The highest BCUT2D eigenvalue weighted by Gasteiger charge is 2.23. The molecule has 0 aliphatic rings. The van der Waals surface area contributed by atoms with Crippen LogP contribution < -0.4 is 11.1 Å². The predicted molar refractivity (Wildman–Crippen MR) is 90.9 cm³/mol. The number of unbranched alkanes of at least 4 members (excludes halogenated alkanes) is 1. The van der Waals surface area contributed by atoms with Gasteiger partial charge >= 0.3 is 0 Å². The number of nitrogens with zero attached hydrogens (tertiary/aromatic N) is 1. The first-order chi connectivity index (χ1) is 9.88. The fraction of sp³-hybridized carbons (Fsp3) is 0.688. The zero-order chi connectivity index (χ0) is 15.9. The van der Waals surface area contributed by atoms with Crippen molar-refractivity contribution in [1.82, 2.24) is 5.32 Å². The summed E-state index contributed by atoms with van der Waals surface area (Å²) in [7, 11) is 0. The highest BCUT2D eigenvalue weighted by molar-refractivity contribution is 7.10. The molecule has 0 saturated heterocycles. The van der Waals surface area contributed by atoms with Crippen molar-refractivity contribution in [2.24, 2.45) is 22.2 Å². The summed E-state index contributed by atoms with van der Waals surface area (Å²) in [5.41, 5.74) is 5.47. The van der Waals surface area contributed by atoms with Crippen molar-refractivity contribution in [1.29, 1.82) is 0 Å². The smallest absolute Gasteiger partial charge is 0.144 e. The van der Waals surface area contributed by atoms with Crippen LogP contribution in [-0.4, -0.2) is 17.6 Å². The Labute approximate surface area is 132 Å². The molecule has 0 bridgehead atoms. The Bertz CT molecular complexity index is 427. The zero-order valence-corrected chi connectivity index (χ0v) is 14.4. The Morgan fingerprint density at radius 2 is 2.14 bits per heavy atom. The normalized spacial score (nSPS) is 14.6. The lowest BCUT2D eigenvalue weighted by atomic mass is 9.86. The fourth-order valence-electron chi connectivity index (χ4n) is 2.35. The van der Waals surface area contributed by atoms with Crippen LogP contribution in [-0.2, 0) is 0 Å². The van der Waals surface area contributed by atoms with Gasteiger partial charge in [-0.15, -0.1) is 11.3 Å². The van der Waals surface area contributed by atoms with Crippen LogP contribution in [0.2, 0.25) is 0 Å². The van der Waals surface area contributed by atoms with E-state index in [1.54, 1.807) is 0 Å². The van der Waals surface area contributed by atoms with Crippen LogP contribution in [0, 0.1) is 11.3 Å². The first-order valence-corrected chi connectivity index (χ1v) is 8.51. The van der Waals surface area contributed by atoms with Crippen LogP contribution in [0.3, 0.4) is 0 Å². The summed E-state index contributed by atoms with van der Waals surface area (Å²) >= 11 is 1.81. The van der Waals surface area contributed by atoms with E-state index in [0.717, 1.165) is 25.8 Å². The average Bonchev–Trinajstić information content (AvgIpc) is 2.94. The molecule has 0 fully saturated rings. The minimum absolute atomic E-state index is 0.236. The van der Waals surface area contributed by atoms with Crippen LogP contribution in [0.1, 0.15) is 57.9 Å². The molecule has 1 rings (SSSR count). The topological polar surface area (TPSA) is 70.6 Å². The van der Waals surface area contributed by atoms with Gasteiger partial charge in [-0.25, -0.2) is 0 Å². The van der Waals surface area contributed by atoms with Crippen molar-refractivity contribution in [2.75, 3.05) is 6.54 Å². The van der Waals surface area contributed by atoms with Gasteiger partial charge in [-0.3, -0.25) is 0 Å². The van der Waals surface area contributed by atoms with Crippen molar-refractivity contribution >= 4 is 17.2 Å². The van der Waals surface area contributed by atoms with E-state index in [0.29, 0.717) is 17.8 Å². The summed E-state index contributed by atoms with van der Waals surface area (Å²) in [5, 5.41) is 17.7. The minimum atomic E-state index is -0.236. The molecule has 1 aromatic heterocycles. The van der Waals surface area contributed by atoms with Crippen LogP contribution >= 0.6 is 11.3 Å². The minimum Gasteiger partial charge on any atom is -0.409 e. The molecule has 0 spiro atoms. The van der Waals surface area contributed by atoms with E-state index in [4.69, 9.17) is 10.9 Å². The van der Waals surface area contributed by atoms with E-state index in [9.17, 15) is 0 Å². The molecular formula is C16H29N3OS. The van der Waals surface area contributed by atoms with Crippen LogP contribution in [0.25, 0.3) is 0 Å². The molecule has 120 valence electrons. The SMILES string of the molecule is CC(C)C(NCCCCC(C)(C)/C(N)=N/O)c1cccs1. The van der Waals surface area contributed by atoms with E-state index in [1.807, 2.05) is 25.2 Å². The molecule has 4 N–H and O–H groups in total. The van der Waals surface area contributed by atoms with Gasteiger partial charge < -0.3 is 16.3 Å². The molecule has 1 aromatic rings. The van der Waals surface area contributed by atoms with Crippen LogP contribution in [0.15, 0.2) is 22.7 Å². The number of thiophene rings is 1. The lowest BCUT2D eigenvalue weighted by Crippen LogP contribution is -2.32. The molecule has 21 heavy (non-hydrogen) atoms. The molecule has 0 aliphatic heterocycles. The maximum Gasteiger partial charge on any atom is 0.144 e. The van der Waals surface area contributed by atoms with Gasteiger partial charge in [0.1, 0.15) is 5.84 Å². The summed E-state index contributed by atoms with van der Waals surface area (Å²) in [6.45, 7) is 9.51. The molecule has 0 saturated carbocycles. The van der Waals surface area contributed by atoms with E-state index in [1.165, 1.54) is 4.88 Å². The Morgan fingerprint density at radius 1 is 1.43 bits per heavy atom. The highest BCUT2D eigenvalue weighted by atomic mass is 32.1. The first kappa shape index (κ1) is 18.0. The average molecular weight is 311 g/mol. The van der Waals surface area contributed by atoms with Gasteiger partial charge in [0.25, 0.3) is 0 Å². The number of hydrogen-bond donors (Lipinski definition) is 3. The van der Waals surface area contributed by atoms with Crippen molar-refractivity contribution in [3.05, 3.63) is 22.4 Å². The van der Waals surface area contributed by atoms with E-state index in [-0.39, 0.29) is 5.41 Å². The molecule has 1 heterocycles. The van der Waals surface area contributed by atoms with Crippen LogP contribution in [0.4, 0.5) is 0 Å². The molecule has 0 aromatic carbocycles. The number of rotatable bonds is 9. The molecule has 0 radical (unpaired) electrons. The third kappa shape index (κ3) is 5.67. The largest absolute Gasteiger partial charge is 0.409 e. The van der Waals surface area contributed by atoms with Crippen LogP contribution in [0.5, 0.6) is 0 Å². The molecule has 1 atom stereocenters. The Morgan fingerprint density at radius 3 is 2.67 bits per heavy atom. The van der Waals surface area contributed by atoms with Gasteiger partial charge in [-0.2, -0.15) is 0 Å². The first-order valence-electron chi connectivity index (χ1n) is 7.63. The van der Waals surface area contributed by atoms with Crippen molar-refractivity contribution in [3.63, 3.8) is 0 Å². The second-order valence-corrected chi connectivity index (χ2v) is 7.50. The maximum absolute atomic E-state index is 8.76. The summed E-state index contributed by atoms with van der Waals surface area (Å²) in [6, 6.07) is 4.74. The van der Waals surface area contributed by atoms with Gasteiger partial charge in [0, 0.05) is 16.3 Å². The quantitative estimate of drug-likeness (QED) is 0.212. The molecule has 0 aliphatic carbocycles. The predicted octanol–water partition coefficient (Wildman–Crippen LogP) is 3.98. The Kier molecular flexibility index (Phi) is 7.18. The standard InChI is InChI=1S/C16H29N3OS/c1-12(2)14(13-8-7-11-21-13)18-10-6-5-9-16(3,4)15(17)19-20/h7-8,11-12,14,18,20H,5-6,9-10H2,1-4H3,(H2,17,19). The number of nitrogens with one attached hydrogen (secondary N) is 1. The molecular weight excluding hydrogens is 282 g/mol. The summed E-state index contributed by atoms with van der Waals surface area (Å²) in [5.74, 6) is 0.895. The zero-order valence-electron chi connectivity index (χ0n) is 13.6. The summed E-state index contributed by atoms with van der Waals surface area (Å²) in [4.78, 5) is 1.40. The third-order valence-corrected chi connectivity index (χ3v) is 4.87. The summed E-state index contributed by atoms with van der Waals surface area (Å²) in [6.07, 6.45) is 3.08.